The predicted molar refractivity (Wildman–Crippen MR) is 86.0 cm³/mol. The highest BCUT2D eigenvalue weighted by Crippen LogP contribution is 2.32. The van der Waals surface area contributed by atoms with Crippen LogP contribution in [0, 0.1) is 0 Å². The quantitative estimate of drug-likeness (QED) is 0.899. The number of nitrogens with zero attached hydrogens (tertiary/aromatic N) is 1. The van der Waals surface area contributed by atoms with E-state index in [0.29, 0.717) is 6.54 Å². The number of nitrogens with two attached hydrogens (primary N) is 1. The molecule has 0 radical (unpaired) electrons. The molecule has 3 heteroatoms. The minimum Gasteiger partial charge on any atom is -0.341 e. The summed E-state index contributed by atoms with van der Waals surface area (Å²) in [4.78, 5) is 2.29. The van der Waals surface area contributed by atoms with Crippen LogP contribution in [0.3, 0.4) is 0 Å². The molecule has 2 aromatic rings. The molecule has 0 bridgehead atoms. The Hall–Kier alpha value is -1.32. The van der Waals surface area contributed by atoms with Gasteiger partial charge < -0.3 is 10.6 Å². The molecule has 19 heavy (non-hydrogen) atoms. The first-order valence-corrected chi connectivity index (χ1v) is 7.36. The molecule has 0 spiro atoms. The summed E-state index contributed by atoms with van der Waals surface area (Å²) < 4.78 is 1.11. The summed E-state index contributed by atoms with van der Waals surface area (Å²) in [6.07, 6.45) is 0.913. The van der Waals surface area contributed by atoms with Crippen molar-refractivity contribution in [3.05, 3.63) is 58.6 Å². The second-order valence-corrected chi connectivity index (χ2v) is 5.26. The SMILES string of the molecule is CCN(c1ccccc1)c1ccc(CCN)cc1Br. The fourth-order valence-corrected chi connectivity index (χ4v) is 2.83. The van der Waals surface area contributed by atoms with Crippen LogP contribution in [0.4, 0.5) is 11.4 Å². The minimum atomic E-state index is 0.683. The Labute approximate surface area is 123 Å². The average Bonchev–Trinajstić information content (AvgIpc) is 2.43. The maximum Gasteiger partial charge on any atom is 0.0555 e. The van der Waals surface area contributed by atoms with Crippen molar-refractivity contribution in [1.29, 1.82) is 0 Å². The fraction of sp³-hybridized carbons (Fsp3) is 0.250. The van der Waals surface area contributed by atoms with Gasteiger partial charge in [0.15, 0.2) is 0 Å². The van der Waals surface area contributed by atoms with E-state index in [4.69, 9.17) is 5.73 Å². The second kappa shape index (κ2) is 6.73. The molecule has 0 saturated heterocycles. The first-order chi connectivity index (χ1) is 9.26. The van der Waals surface area contributed by atoms with E-state index in [1.54, 1.807) is 0 Å². The molecule has 0 saturated carbocycles. The van der Waals surface area contributed by atoms with Gasteiger partial charge in [-0.2, -0.15) is 0 Å². The molecule has 0 aliphatic heterocycles. The van der Waals surface area contributed by atoms with E-state index in [2.05, 4.69) is 70.2 Å². The van der Waals surface area contributed by atoms with Crippen LogP contribution in [0.1, 0.15) is 12.5 Å². The minimum absolute atomic E-state index is 0.683. The second-order valence-electron chi connectivity index (χ2n) is 4.40. The van der Waals surface area contributed by atoms with Gasteiger partial charge in [-0.15, -0.1) is 0 Å². The summed E-state index contributed by atoms with van der Waals surface area (Å²) in [5.41, 5.74) is 9.26. The van der Waals surface area contributed by atoms with Crippen molar-refractivity contribution in [3.63, 3.8) is 0 Å². The van der Waals surface area contributed by atoms with Crippen LogP contribution in [-0.2, 0) is 6.42 Å². The van der Waals surface area contributed by atoms with Crippen molar-refractivity contribution in [1.82, 2.24) is 0 Å². The molecule has 2 aromatic carbocycles. The normalized spacial score (nSPS) is 10.5. The molecule has 0 unspecified atom stereocenters. The van der Waals surface area contributed by atoms with E-state index < -0.39 is 0 Å². The van der Waals surface area contributed by atoms with Crippen molar-refractivity contribution in [2.45, 2.75) is 13.3 Å². The largest absolute Gasteiger partial charge is 0.341 e. The highest BCUT2D eigenvalue weighted by molar-refractivity contribution is 9.10. The molecular formula is C16H19BrN2. The van der Waals surface area contributed by atoms with Crippen LogP contribution in [0.25, 0.3) is 0 Å². The monoisotopic (exact) mass is 318 g/mol. The Morgan fingerprint density at radius 2 is 1.84 bits per heavy atom. The molecule has 0 heterocycles. The van der Waals surface area contributed by atoms with Gasteiger partial charge in [-0.05, 0) is 65.6 Å². The van der Waals surface area contributed by atoms with Gasteiger partial charge in [0.25, 0.3) is 0 Å². The van der Waals surface area contributed by atoms with E-state index in [1.165, 1.54) is 16.9 Å². The number of benzene rings is 2. The Bertz CT molecular complexity index is 526. The smallest absolute Gasteiger partial charge is 0.0555 e. The fourth-order valence-electron chi connectivity index (χ4n) is 2.19. The van der Waals surface area contributed by atoms with Crippen LogP contribution in [0.2, 0.25) is 0 Å². The maximum atomic E-state index is 5.60. The molecule has 2 N–H and O–H groups in total. The molecule has 0 aliphatic carbocycles. The lowest BCUT2D eigenvalue weighted by Crippen LogP contribution is -2.16. The van der Waals surface area contributed by atoms with Crippen molar-refractivity contribution < 1.29 is 0 Å². The van der Waals surface area contributed by atoms with Gasteiger partial charge in [0.1, 0.15) is 0 Å². The first kappa shape index (κ1) is 14.1. The van der Waals surface area contributed by atoms with E-state index in [0.717, 1.165) is 17.4 Å². The van der Waals surface area contributed by atoms with Crippen LogP contribution in [0.15, 0.2) is 53.0 Å². The Morgan fingerprint density at radius 3 is 2.42 bits per heavy atom. The third-order valence-corrected chi connectivity index (χ3v) is 3.76. The number of anilines is 2. The summed E-state index contributed by atoms with van der Waals surface area (Å²) >= 11 is 3.67. The van der Waals surface area contributed by atoms with E-state index in [1.807, 2.05) is 6.07 Å². The number of halogens is 1. The summed E-state index contributed by atoms with van der Waals surface area (Å²) in [6, 6.07) is 16.9. The van der Waals surface area contributed by atoms with E-state index >= 15 is 0 Å². The molecule has 0 fully saturated rings. The lowest BCUT2D eigenvalue weighted by Gasteiger charge is -2.25. The number of rotatable bonds is 5. The van der Waals surface area contributed by atoms with Crippen molar-refractivity contribution in [2.24, 2.45) is 5.73 Å². The number of hydrogen-bond acceptors (Lipinski definition) is 2. The standard InChI is InChI=1S/C16H19BrN2/c1-2-19(14-6-4-3-5-7-14)16-9-8-13(10-11-18)12-15(16)17/h3-9,12H,2,10-11,18H2,1H3. The molecule has 0 aliphatic rings. The van der Waals surface area contributed by atoms with E-state index in [-0.39, 0.29) is 0 Å². The maximum absolute atomic E-state index is 5.60. The van der Waals surface area contributed by atoms with E-state index in [9.17, 15) is 0 Å². The number of hydrogen-bond donors (Lipinski definition) is 1. The van der Waals surface area contributed by atoms with Gasteiger partial charge in [0.05, 0.1) is 5.69 Å². The summed E-state index contributed by atoms with van der Waals surface area (Å²) in [7, 11) is 0. The molecule has 0 amide bonds. The number of para-hydroxylation sites is 1. The lowest BCUT2D eigenvalue weighted by molar-refractivity contribution is 0.963. The molecular weight excluding hydrogens is 300 g/mol. The topological polar surface area (TPSA) is 29.3 Å². The Morgan fingerprint density at radius 1 is 1.11 bits per heavy atom. The highest BCUT2D eigenvalue weighted by atomic mass is 79.9. The van der Waals surface area contributed by atoms with Crippen LogP contribution >= 0.6 is 15.9 Å². The third kappa shape index (κ3) is 3.37. The van der Waals surface area contributed by atoms with Crippen molar-refractivity contribution in [3.8, 4) is 0 Å². The van der Waals surface area contributed by atoms with Gasteiger partial charge in [0, 0.05) is 16.7 Å². The zero-order chi connectivity index (χ0) is 13.7. The van der Waals surface area contributed by atoms with Gasteiger partial charge in [-0.3, -0.25) is 0 Å². The molecule has 0 aromatic heterocycles. The zero-order valence-corrected chi connectivity index (χ0v) is 12.7. The van der Waals surface area contributed by atoms with Gasteiger partial charge >= 0.3 is 0 Å². The molecule has 2 rings (SSSR count). The Balaban J connectivity index is 2.34. The van der Waals surface area contributed by atoms with Gasteiger partial charge in [0.2, 0.25) is 0 Å². The lowest BCUT2D eigenvalue weighted by atomic mass is 10.1. The molecule has 100 valence electrons. The predicted octanol–water partition coefficient (Wildman–Crippen LogP) is 4.11. The van der Waals surface area contributed by atoms with Crippen molar-refractivity contribution in [2.75, 3.05) is 18.0 Å². The summed E-state index contributed by atoms with van der Waals surface area (Å²) in [6.45, 7) is 3.77. The van der Waals surface area contributed by atoms with Gasteiger partial charge in [-0.25, -0.2) is 0 Å². The summed E-state index contributed by atoms with van der Waals surface area (Å²) in [5, 5.41) is 0. The van der Waals surface area contributed by atoms with Crippen LogP contribution in [-0.4, -0.2) is 13.1 Å². The average molecular weight is 319 g/mol. The van der Waals surface area contributed by atoms with Crippen LogP contribution < -0.4 is 10.6 Å². The van der Waals surface area contributed by atoms with Crippen molar-refractivity contribution >= 4 is 27.3 Å². The summed E-state index contributed by atoms with van der Waals surface area (Å²) in [5.74, 6) is 0. The highest BCUT2D eigenvalue weighted by Gasteiger charge is 2.10. The third-order valence-electron chi connectivity index (χ3n) is 3.12. The Kier molecular flexibility index (Phi) is 5.00. The van der Waals surface area contributed by atoms with Gasteiger partial charge in [-0.1, -0.05) is 24.3 Å². The zero-order valence-electron chi connectivity index (χ0n) is 11.1. The molecule has 2 nitrogen and oxygen atoms in total. The molecule has 0 atom stereocenters. The van der Waals surface area contributed by atoms with Crippen LogP contribution in [0.5, 0.6) is 0 Å². The first-order valence-electron chi connectivity index (χ1n) is 6.57.